The highest BCUT2D eigenvalue weighted by Crippen LogP contribution is 2.28. The molecule has 2 aromatic rings. The molecule has 0 bridgehead atoms. The van der Waals surface area contributed by atoms with Gasteiger partial charge in [0.2, 0.25) is 5.75 Å². The largest absolute Gasteiger partial charge is 0.465 e. The maximum Gasteiger partial charge on any atom is 0.338 e. The number of hydrogen-bond acceptors (Lipinski definition) is 9. The third-order valence-electron chi connectivity index (χ3n) is 3.76. The van der Waals surface area contributed by atoms with Crippen LogP contribution in [-0.2, 0) is 14.3 Å². The summed E-state index contributed by atoms with van der Waals surface area (Å²) in [4.78, 5) is 57.7. The van der Waals surface area contributed by atoms with Crippen molar-refractivity contribution in [2.24, 2.45) is 0 Å². The van der Waals surface area contributed by atoms with E-state index in [4.69, 9.17) is 4.74 Å². The van der Waals surface area contributed by atoms with Gasteiger partial charge in [-0.25, -0.2) is 9.59 Å². The second-order valence-electron chi connectivity index (χ2n) is 5.73. The van der Waals surface area contributed by atoms with E-state index in [1.54, 1.807) is 0 Å². The molecule has 2 rings (SSSR count). The molecule has 0 atom stereocenters. The molecule has 0 aliphatic rings. The quantitative estimate of drug-likeness (QED) is 0.324. The summed E-state index contributed by atoms with van der Waals surface area (Å²) in [5, 5.41) is 13.7. The van der Waals surface area contributed by atoms with Crippen LogP contribution in [0.2, 0.25) is 0 Å². The number of ether oxygens (including phenoxy) is 3. The normalized spacial score (nSPS) is 9.97. The molecule has 1 N–H and O–H groups in total. The van der Waals surface area contributed by atoms with Gasteiger partial charge in [-0.3, -0.25) is 19.7 Å². The molecule has 0 saturated heterocycles. The van der Waals surface area contributed by atoms with Crippen LogP contribution in [0.15, 0.2) is 36.4 Å². The Balaban J connectivity index is 2.36. The summed E-state index contributed by atoms with van der Waals surface area (Å²) in [6.07, 6.45) is 0. The van der Waals surface area contributed by atoms with Gasteiger partial charge in [-0.15, -0.1) is 0 Å². The summed E-state index contributed by atoms with van der Waals surface area (Å²) in [7, 11) is 2.27. The fourth-order valence-corrected chi connectivity index (χ4v) is 2.43. The molecule has 0 saturated carbocycles. The van der Waals surface area contributed by atoms with Crippen LogP contribution in [-0.4, -0.2) is 43.0 Å². The predicted molar refractivity (Wildman–Crippen MR) is 101 cm³/mol. The van der Waals surface area contributed by atoms with Gasteiger partial charge in [0.15, 0.2) is 0 Å². The lowest BCUT2D eigenvalue weighted by molar-refractivity contribution is -0.385. The number of nitro groups is 1. The molecule has 0 aromatic heterocycles. The maximum absolute atomic E-state index is 12.5. The van der Waals surface area contributed by atoms with Crippen molar-refractivity contribution in [1.29, 1.82) is 0 Å². The first-order chi connectivity index (χ1) is 14.2. The van der Waals surface area contributed by atoms with Crippen molar-refractivity contribution in [3.63, 3.8) is 0 Å². The second-order valence-corrected chi connectivity index (χ2v) is 5.73. The number of rotatable bonds is 6. The zero-order chi connectivity index (χ0) is 22.4. The number of benzene rings is 2. The van der Waals surface area contributed by atoms with Crippen LogP contribution < -0.4 is 10.1 Å². The first-order valence-electron chi connectivity index (χ1n) is 8.26. The van der Waals surface area contributed by atoms with Crippen LogP contribution in [0.5, 0.6) is 5.75 Å². The Morgan fingerprint density at radius 1 is 0.933 bits per heavy atom. The van der Waals surface area contributed by atoms with E-state index >= 15 is 0 Å². The topological polar surface area (TPSA) is 151 Å². The van der Waals surface area contributed by atoms with E-state index in [-0.39, 0.29) is 28.1 Å². The number of carbonyl (C=O) groups excluding carboxylic acids is 4. The van der Waals surface area contributed by atoms with Gasteiger partial charge in [0.1, 0.15) is 0 Å². The lowest BCUT2D eigenvalue weighted by Crippen LogP contribution is -2.16. The fourth-order valence-electron chi connectivity index (χ4n) is 2.43. The van der Waals surface area contributed by atoms with Gasteiger partial charge in [0, 0.05) is 24.2 Å². The predicted octanol–water partition coefficient (Wildman–Crippen LogP) is 2.35. The lowest BCUT2D eigenvalue weighted by atomic mass is 10.1. The highest BCUT2D eigenvalue weighted by molar-refractivity contribution is 6.07. The number of amides is 1. The Hall–Kier alpha value is -4.28. The number of methoxy groups -OCH3 is 2. The SMILES string of the molecule is COC(=O)c1ccc(NC(=O)c2ccc(OC(C)=O)c([N+](=O)[O-])c2)cc1C(=O)OC. The average molecular weight is 416 g/mol. The van der Waals surface area contributed by atoms with Crippen LogP contribution >= 0.6 is 0 Å². The Morgan fingerprint density at radius 2 is 1.57 bits per heavy atom. The van der Waals surface area contributed by atoms with Crippen LogP contribution in [0.4, 0.5) is 11.4 Å². The number of carbonyl (C=O) groups is 4. The van der Waals surface area contributed by atoms with Gasteiger partial charge < -0.3 is 19.5 Å². The summed E-state index contributed by atoms with van der Waals surface area (Å²) in [6, 6.07) is 7.10. The molecule has 0 fully saturated rings. The third-order valence-corrected chi connectivity index (χ3v) is 3.76. The van der Waals surface area contributed by atoms with E-state index in [2.05, 4.69) is 14.8 Å². The summed E-state index contributed by atoms with van der Waals surface area (Å²) in [5.74, 6) is -3.40. The van der Waals surface area contributed by atoms with Crippen molar-refractivity contribution in [3.05, 3.63) is 63.2 Å². The summed E-state index contributed by atoms with van der Waals surface area (Å²) >= 11 is 0. The van der Waals surface area contributed by atoms with Gasteiger partial charge in [-0.2, -0.15) is 0 Å². The van der Waals surface area contributed by atoms with E-state index in [9.17, 15) is 29.3 Å². The molecule has 2 aromatic carbocycles. The molecule has 0 aliphatic carbocycles. The van der Waals surface area contributed by atoms with Crippen LogP contribution in [0.25, 0.3) is 0 Å². The van der Waals surface area contributed by atoms with E-state index in [1.165, 1.54) is 24.3 Å². The number of nitro benzene ring substituents is 1. The fraction of sp³-hybridized carbons (Fsp3) is 0.158. The summed E-state index contributed by atoms with van der Waals surface area (Å²) < 4.78 is 14.0. The van der Waals surface area contributed by atoms with E-state index in [0.29, 0.717) is 0 Å². The molecule has 0 heterocycles. The molecule has 0 unspecified atom stereocenters. The number of nitrogens with one attached hydrogen (secondary N) is 1. The van der Waals surface area contributed by atoms with Crippen molar-refractivity contribution in [1.82, 2.24) is 0 Å². The number of hydrogen-bond donors (Lipinski definition) is 1. The molecule has 156 valence electrons. The van der Waals surface area contributed by atoms with E-state index < -0.39 is 34.4 Å². The first-order valence-corrected chi connectivity index (χ1v) is 8.26. The van der Waals surface area contributed by atoms with Gasteiger partial charge in [0.05, 0.1) is 30.3 Å². The number of esters is 3. The minimum absolute atomic E-state index is 0.0660. The molecule has 1 amide bonds. The van der Waals surface area contributed by atoms with E-state index in [0.717, 1.165) is 33.3 Å². The van der Waals surface area contributed by atoms with Crippen molar-refractivity contribution in [2.75, 3.05) is 19.5 Å². The van der Waals surface area contributed by atoms with Gasteiger partial charge in [-0.05, 0) is 30.3 Å². The zero-order valence-electron chi connectivity index (χ0n) is 16.1. The van der Waals surface area contributed by atoms with E-state index in [1.807, 2.05) is 0 Å². The lowest BCUT2D eigenvalue weighted by Gasteiger charge is -2.11. The maximum atomic E-state index is 12.5. The third kappa shape index (κ3) is 4.95. The molecule has 11 nitrogen and oxygen atoms in total. The van der Waals surface area contributed by atoms with Gasteiger partial charge in [-0.1, -0.05) is 0 Å². The highest BCUT2D eigenvalue weighted by Gasteiger charge is 2.22. The molecular formula is C19H16N2O9. The summed E-state index contributed by atoms with van der Waals surface area (Å²) in [5.41, 5.74) is -0.759. The molecule has 0 radical (unpaired) electrons. The standard InChI is InChI=1S/C19H16N2O9/c1-10(22)30-16-7-4-11(8-15(16)21(26)27)17(23)20-12-5-6-13(18(24)28-2)14(9-12)19(25)29-3/h4-9H,1-3H3,(H,20,23). The smallest absolute Gasteiger partial charge is 0.338 e. The Morgan fingerprint density at radius 3 is 2.13 bits per heavy atom. The Kier molecular flexibility index (Phi) is 6.81. The van der Waals surface area contributed by atoms with Crippen molar-refractivity contribution in [3.8, 4) is 5.75 Å². The molecule has 11 heteroatoms. The molecule has 0 aliphatic heterocycles. The minimum atomic E-state index is -0.826. The van der Waals surface area contributed by atoms with Crippen molar-refractivity contribution >= 4 is 35.2 Å². The first kappa shape index (κ1) is 22.0. The molecule has 0 spiro atoms. The summed E-state index contributed by atoms with van der Waals surface area (Å²) in [6.45, 7) is 1.08. The second kappa shape index (κ2) is 9.28. The Bertz CT molecular complexity index is 1050. The van der Waals surface area contributed by atoms with Gasteiger partial charge in [0.25, 0.3) is 5.91 Å². The minimum Gasteiger partial charge on any atom is -0.465 e. The van der Waals surface area contributed by atoms with Crippen LogP contribution in [0.1, 0.15) is 38.0 Å². The zero-order valence-corrected chi connectivity index (χ0v) is 16.1. The van der Waals surface area contributed by atoms with Crippen molar-refractivity contribution < 1.29 is 38.3 Å². The molecule has 30 heavy (non-hydrogen) atoms. The highest BCUT2D eigenvalue weighted by atomic mass is 16.6. The van der Waals surface area contributed by atoms with Crippen LogP contribution in [0.3, 0.4) is 0 Å². The number of anilines is 1. The Labute approximate surface area is 169 Å². The van der Waals surface area contributed by atoms with Crippen molar-refractivity contribution in [2.45, 2.75) is 6.92 Å². The molecular weight excluding hydrogens is 400 g/mol. The van der Waals surface area contributed by atoms with Crippen LogP contribution in [0, 0.1) is 10.1 Å². The monoisotopic (exact) mass is 416 g/mol. The van der Waals surface area contributed by atoms with Gasteiger partial charge >= 0.3 is 23.6 Å². The average Bonchev–Trinajstić information content (AvgIpc) is 2.72. The number of nitrogens with zero attached hydrogens (tertiary/aromatic N) is 1.